The highest BCUT2D eigenvalue weighted by Gasteiger charge is 2.38. The molecule has 8 nitrogen and oxygen atoms in total. The Kier molecular flexibility index (Phi) is 2.82. The lowest BCUT2D eigenvalue weighted by Gasteiger charge is -2.25. The molecule has 19 heavy (non-hydrogen) atoms. The lowest BCUT2D eigenvalue weighted by atomic mass is 10.1. The number of aliphatic imine (C=N–C) groups is 1. The molecular weight excluding hydrogens is 250 g/mol. The second-order valence-corrected chi connectivity index (χ2v) is 5.01. The lowest BCUT2D eigenvalue weighted by Crippen LogP contribution is -2.35. The van der Waals surface area contributed by atoms with E-state index in [1.807, 2.05) is 0 Å². The highest BCUT2D eigenvalue weighted by molar-refractivity contribution is 5.78. The number of nitrogens with one attached hydrogen (secondary N) is 1. The van der Waals surface area contributed by atoms with Gasteiger partial charge in [0, 0.05) is 6.42 Å². The number of nitrogens with two attached hydrogens (primary N) is 1. The predicted molar refractivity (Wildman–Crippen MR) is 67.5 cm³/mol. The van der Waals surface area contributed by atoms with E-state index in [1.165, 1.54) is 6.34 Å². The van der Waals surface area contributed by atoms with E-state index in [9.17, 15) is 5.11 Å². The van der Waals surface area contributed by atoms with Gasteiger partial charge in [-0.3, -0.25) is 4.57 Å². The molecule has 3 heterocycles. The van der Waals surface area contributed by atoms with E-state index in [0.29, 0.717) is 17.9 Å². The smallest absolute Gasteiger partial charge is 0.153 e. The Labute approximate surface area is 109 Å². The number of hydrogen-bond acceptors (Lipinski definition) is 7. The highest BCUT2D eigenvalue weighted by atomic mass is 16.5. The molecule has 1 aromatic rings. The molecule has 3 rings (SSSR count). The highest BCUT2D eigenvalue weighted by Crippen LogP contribution is 2.35. The number of aliphatic hydroxyl groups is 2. The minimum absolute atomic E-state index is 0.210. The number of anilines is 1. The predicted octanol–water partition coefficient (Wildman–Crippen LogP) is -0.891. The third-order valence-corrected chi connectivity index (χ3v) is 3.50. The summed E-state index contributed by atoms with van der Waals surface area (Å²) < 4.78 is 7.37. The van der Waals surface area contributed by atoms with Crippen LogP contribution in [-0.2, 0) is 10.4 Å². The zero-order valence-electron chi connectivity index (χ0n) is 10.5. The van der Waals surface area contributed by atoms with Gasteiger partial charge in [-0.05, 0) is 6.92 Å². The quantitative estimate of drug-likeness (QED) is 0.552. The Bertz CT molecular complexity index is 512. The molecule has 0 spiro atoms. The molecule has 8 heteroatoms. The van der Waals surface area contributed by atoms with Gasteiger partial charge in [0.2, 0.25) is 0 Å². The van der Waals surface area contributed by atoms with Crippen molar-refractivity contribution in [1.82, 2.24) is 9.55 Å². The van der Waals surface area contributed by atoms with Crippen LogP contribution < -0.4 is 11.1 Å². The van der Waals surface area contributed by atoms with Crippen LogP contribution in [0.1, 0.15) is 25.3 Å². The number of hydrogen-bond donors (Lipinski definition) is 4. The Morgan fingerprint density at radius 3 is 3.16 bits per heavy atom. The van der Waals surface area contributed by atoms with Crippen LogP contribution in [-0.4, -0.2) is 44.9 Å². The molecular formula is C11H17N5O3. The van der Waals surface area contributed by atoms with Crippen LogP contribution in [0.5, 0.6) is 0 Å². The van der Waals surface area contributed by atoms with E-state index in [2.05, 4.69) is 15.3 Å². The number of aromatic nitrogens is 2. The standard InChI is InChI=1S/C11H17N5O3/c1-11(12)9-10(13-4-15-11)16(5-14-9)8-2-6(18)7(3-17)19-8/h4-8,17-18H,2-3,12H2,1H3,(H,13,15)/t6-,7+,8+,11?/m0/s1. The molecule has 2 aliphatic heterocycles. The van der Waals surface area contributed by atoms with Gasteiger partial charge in [-0.25, -0.2) is 9.98 Å². The summed E-state index contributed by atoms with van der Waals surface area (Å²) in [6.45, 7) is 1.55. The number of imidazole rings is 1. The van der Waals surface area contributed by atoms with Crippen molar-refractivity contribution in [3.8, 4) is 0 Å². The molecule has 1 unspecified atom stereocenters. The molecule has 0 aromatic carbocycles. The fourth-order valence-electron chi connectivity index (χ4n) is 2.43. The number of rotatable bonds is 2. The minimum Gasteiger partial charge on any atom is -0.394 e. The van der Waals surface area contributed by atoms with Crippen LogP contribution in [0.3, 0.4) is 0 Å². The Hall–Kier alpha value is -1.48. The fraction of sp³-hybridized carbons (Fsp3) is 0.636. The average molecular weight is 267 g/mol. The maximum absolute atomic E-state index is 9.77. The van der Waals surface area contributed by atoms with Gasteiger partial charge in [0.1, 0.15) is 23.8 Å². The second-order valence-electron chi connectivity index (χ2n) is 5.01. The molecule has 0 bridgehead atoms. The van der Waals surface area contributed by atoms with Gasteiger partial charge in [0.05, 0.1) is 25.4 Å². The Morgan fingerprint density at radius 1 is 1.68 bits per heavy atom. The van der Waals surface area contributed by atoms with E-state index in [1.54, 1.807) is 17.8 Å². The largest absolute Gasteiger partial charge is 0.394 e. The van der Waals surface area contributed by atoms with Gasteiger partial charge < -0.3 is 26.0 Å². The maximum Gasteiger partial charge on any atom is 0.153 e. The van der Waals surface area contributed by atoms with Crippen molar-refractivity contribution in [3.63, 3.8) is 0 Å². The van der Waals surface area contributed by atoms with E-state index >= 15 is 0 Å². The molecule has 2 aliphatic rings. The molecule has 0 aliphatic carbocycles. The van der Waals surface area contributed by atoms with Crippen LogP contribution in [0.25, 0.3) is 0 Å². The van der Waals surface area contributed by atoms with Crippen molar-refractivity contribution >= 4 is 12.2 Å². The number of nitrogens with zero attached hydrogens (tertiary/aromatic N) is 3. The van der Waals surface area contributed by atoms with Gasteiger partial charge in [-0.15, -0.1) is 0 Å². The summed E-state index contributed by atoms with van der Waals surface area (Å²) >= 11 is 0. The van der Waals surface area contributed by atoms with Crippen LogP contribution in [0.2, 0.25) is 0 Å². The molecule has 0 saturated carbocycles. The minimum atomic E-state index is -0.876. The SMILES string of the molecule is CC1(N)N=CNc2c1ncn2[C@H]1C[C@H](O)[C@@H](CO)O1. The monoisotopic (exact) mass is 267 g/mol. The van der Waals surface area contributed by atoms with Crippen LogP contribution in [0.15, 0.2) is 11.3 Å². The lowest BCUT2D eigenvalue weighted by molar-refractivity contribution is -0.0437. The van der Waals surface area contributed by atoms with Crippen molar-refractivity contribution in [1.29, 1.82) is 0 Å². The summed E-state index contributed by atoms with van der Waals surface area (Å²) in [6, 6.07) is 0. The third-order valence-electron chi connectivity index (χ3n) is 3.50. The summed E-state index contributed by atoms with van der Waals surface area (Å²) in [6.07, 6.45) is 1.90. The summed E-state index contributed by atoms with van der Waals surface area (Å²) in [4.78, 5) is 8.39. The Morgan fingerprint density at radius 2 is 2.47 bits per heavy atom. The molecule has 1 fully saturated rings. The van der Waals surface area contributed by atoms with Crippen LogP contribution >= 0.6 is 0 Å². The summed E-state index contributed by atoms with van der Waals surface area (Å²) in [5, 5.41) is 21.9. The molecule has 1 saturated heterocycles. The number of fused-ring (bicyclic) bond motifs is 1. The van der Waals surface area contributed by atoms with E-state index in [0.717, 1.165) is 0 Å². The molecule has 4 atom stereocenters. The third kappa shape index (κ3) is 1.93. The van der Waals surface area contributed by atoms with Gasteiger partial charge >= 0.3 is 0 Å². The Balaban J connectivity index is 1.91. The van der Waals surface area contributed by atoms with Crippen molar-refractivity contribution in [2.24, 2.45) is 10.7 Å². The first-order valence-electron chi connectivity index (χ1n) is 6.13. The zero-order chi connectivity index (χ0) is 13.6. The summed E-state index contributed by atoms with van der Waals surface area (Å²) in [5.41, 5.74) is 5.79. The molecule has 1 aromatic heterocycles. The first-order chi connectivity index (χ1) is 9.03. The number of aliphatic hydroxyl groups excluding tert-OH is 2. The van der Waals surface area contributed by atoms with Crippen molar-refractivity contribution in [2.45, 2.75) is 37.4 Å². The van der Waals surface area contributed by atoms with Crippen molar-refractivity contribution < 1.29 is 14.9 Å². The van der Waals surface area contributed by atoms with Gasteiger partial charge in [-0.2, -0.15) is 0 Å². The van der Waals surface area contributed by atoms with E-state index in [4.69, 9.17) is 15.6 Å². The second kappa shape index (κ2) is 4.27. The summed E-state index contributed by atoms with van der Waals surface area (Å²) in [7, 11) is 0. The van der Waals surface area contributed by atoms with Gasteiger partial charge in [0.15, 0.2) is 5.66 Å². The zero-order valence-corrected chi connectivity index (χ0v) is 10.5. The van der Waals surface area contributed by atoms with Gasteiger partial charge in [0.25, 0.3) is 0 Å². The molecule has 104 valence electrons. The van der Waals surface area contributed by atoms with Crippen LogP contribution in [0, 0.1) is 0 Å². The topological polar surface area (TPSA) is 118 Å². The fourth-order valence-corrected chi connectivity index (χ4v) is 2.43. The van der Waals surface area contributed by atoms with E-state index < -0.39 is 17.9 Å². The maximum atomic E-state index is 9.77. The first kappa shape index (κ1) is 12.5. The molecule has 0 amide bonds. The van der Waals surface area contributed by atoms with Crippen molar-refractivity contribution in [3.05, 3.63) is 12.0 Å². The van der Waals surface area contributed by atoms with Crippen molar-refractivity contribution in [2.75, 3.05) is 11.9 Å². The number of ether oxygens (including phenoxy) is 1. The average Bonchev–Trinajstić information content (AvgIpc) is 2.92. The van der Waals surface area contributed by atoms with E-state index in [-0.39, 0.29) is 12.8 Å². The summed E-state index contributed by atoms with van der Waals surface area (Å²) in [5.74, 6) is 0.704. The van der Waals surface area contributed by atoms with Crippen LogP contribution in [0.4, 0.5) is 5.82 Å². The first-order valence-corrected chi connectivity index (χ1v) is 6.13. The molecule has 5 N–H and O–H groups in total. The van der Waals surface area contributed by atoms with Gasteiger partial charge in [-0.1, -0.05) is 0 Å². The normalized spacial score (nSPS) is 37.2. The molecule has 0 radical (unpaired) electrons.